The molecule has 0 saturated carbocycles. The number of unbranched alkanes of at least 4 members (excludes halogenated alkanes) is 1. The molecule has 0 aromatic heterocycles. The predicted molar refractivity (Wildman–Crippen MR) is 87.9 cm³/mol. The number of carbonyl (C=O) groups excluding carboxylic acids is 2. The fourth-order valence-corrected chi connectivity index (χ4v) is 2.64. The molecule has 1 N–H and O–H groups in total. The van der Waals surface area contributed by atoms with Crippen LogP contribution in [0.3, 0.4) is 0 Å². The van der Waals surface area contributed by atoms with E-state index in [2.05, 4.69) is 5.32 Å². The molecule has 2 amide bonds. The minimum absolute atomic E-state index is 0.0483. The number of nitrogens with zero attached hydrogens (tertiary/aromatic N) is 2. The molecule has 130 valence electrons. The van der Waals surface area contributed by atoms with Crippen LogP contribution in [0.15, 0.2) is 18.2 Å². The number of hydrogen-bond donors (Lipinski definition) is 1. The van der Waals surface area contributed by atoms with Gasteiger partial charge in [-0.1, -0.05) is 13.3 Å². The van der Waals surface area contributed by atoms with Crippen molar-refractivity contribution >= 4 is 23.2 Å². The number of rotatable bonds is 7. The molecule has 1 aromatic rings. The lowest BCUT2D eigenvalue weighted by atomic mass is 10.1. The molecule has 0 bridgehead atoms. The minimum Gasteiger partial charge on any atom is -0.496 e. The lowest BCUT2D eigenvalue weighted by Gasteiger charge is -2.16. The first-order valence-electron chi connectivity index (χ1n) is 7.87. The Bertz CT molecular complexity index is 647. The molecule has 1 atom stereocenters. The van der Waals surface area contributed by atoms with Gasteiger partial charge in [0.2, 0.25) is 11.8 Å². The number of nitro groups is 1. The number of anilines is 1. The zero-order valence-corrected chi connectivity index (χ0v) is 13.8. The lowest BCUT2D eigenvalue weighted by Crippen LogP contribution is -2.29. The van der Waals surface area contributed by atoms with Crippen LogP contribution in [-0.4, -0.2) is 41.8 Å². The molecule has 1 aliphatic heterocycles. The van der Waals surface area contributed by atoms with E-state index in [-0.39, 0.29) is 29.6 Å². The van der Waals surface area contributed by atoms with Crippen molar-refractivity contribution in [2.75, 3.05) is 25.5 Å². The van der Waals surface area contributed by atoms with Crippen molar-refractivity contribution in [1.29, 1.82) is 0 Å². The summed E-state index contributed by atoms with van der Waals surface area (Å²) in [6.07, 6.45) is 2.00. The van der Waals surface area contributed by atoms with Crippen LogP contribution in [0.5, 0.6) is 5.75 Å². The van der Waals surface area contributed by atoms with Crippen LogP contribution in [0.1, 0.15) is 26.2 Å². The van der Waals surface area contributed by atoms with Gasteiger partial charge in [0.1, 0.15) is 11.4 Å². The van der Waals surface area contributed by atoms with Crippen molar-refractivity contribution < 1.29 is 19.2 Å². The Morgan fingerprint density at radius 1 is 1.50 bits per heavy atom. The van der Waals surface area contributed by atoms with Crippen molar-refractivity contribution in [3.8, 4) is 5.75 Å². The molecule has 8 nitrogen and oxygen atoms in total. The maximum Gasteiger partial charge on any atom is 0.296 e. The van der Waals surface area contributed by atoms with Crippen LogP contribution >= 0.6 is 0 Å². The molecule has 1 heterocycles. The second kappa shape index (κ2) is 7.76. The van der Waals surface area contributed by atoms with E-state index in [1.54, 1.807) is 4.90 Å². The second-order valence-electron chi connectivity index (χ2n) is 5.72. The van der Waals surface area contributed by atoms with E-state index in [0.717, 1.165) is 12.8 Å². The van der Waals surface area contributed by atoms with E-state index in [1.165, 1.54) is 25.3 Å². The van der Waals surface area contributed by atoms with Crippen LogP contribution < -0.4 is 10.1 Å². The number of benzene rings is 1. The van der Waals surface area contributed by atoms with Gasteiger partial charge in [-0.15, -0.1) is 0 Å². The highest BCUT2D eigenvalue weighted by molar-refractivity contribution is 5.98. The number of nitro benzene ring substituents is 1. The Hall–Kier alpha value is -2.64. The number of hydrogen-bond acceptors (Lipinski definition) is 5. The fourth-order valence-electron chi connectivity index (χ4n) is 2.64. The summed E-state index contributed by atoms with van der Waals surface area (Å²) in [5, 5.41) is 13.7. The first-order valence-corrected chi connectivity index (χ1v) is 7.87. The average molecular weight is 335 g/mol. The molecular weight excluding hydrogens is 314 g/mol. The third kappa shape index (κ3) is 4.01. The number of amides is 2. The van der Waals surface area contributed by atoms with Gasteiger partial charge in [0.05, 0.1) is 24.0 Å². The van der Waals surface area contributed by atoms with E-state index >= 15 is 0 Å². The van der Waals surface area contributed by atoms with Crippen molar-refractivity contribution in [2.45, 2.75) is 26.2 Å². The summed E-state index contributed by atoms with van der Waals surface area (Å²) in [5.41, 5.74) is -0.139. The number of ether oxygens (including phenoxy) is 1. The standard InChI is InChI=1S/C16H21N3O5/c1-3-4-7-18-10-11(8-15(18)20)16(21)17-13-6-5-12(24-2)9-14(13)19(22)23/h5-6,9,11H,3-4,7-8,10H2,1-2H3,(H,17,21). The molecule has 1 aromatic carbocycles. The Labute approximate surface area is 139 Å². The summed E-state index contributed by atoms with van der Waals surface area (Å²) < 4.78 is 4.96. The maximum atomic E-state index is 12.4. The number of carbonyl (C=O) groups is 2. The van der Waals surface area contributed by atoms with Crippen LogP contribution in [0, 0.1) is 16.0 Å². The monoisotopic (exact) mass is 335 g/mol. The van der Waals surface area contributed by atoms with Crippen molar-refractivity contribution in [2.24, 2.45) is 5.92 Å². The Morgan fingerprint density at radius 2 is 2.25 bits per heavy atom. The van der Waals surface area contributed by atoms with Gasteiger partial charge in [-0.05, 0) is 18.6 Å². The smallest absolute Gasteiger partial charge is 0.296 e. The third-order valence-corrected chi connectivity index (χ3v) is 4.03. The minimum atomic E-state index is -0.578. The van der Waals surface area contributed by atoms with Gasteiger partial charge < -0.3 is 15.0 Å². The van der Waals surface area contributed by atoms with Crippen LogP contribution in [0.2, 0.25) is 0 Å². The van der Waals surface area contributed by atoms with Gasteiger partial charge in [-0.2, -0.15) is 0 Å². The summed E-state index contributed by atoms with van der Waals surface area (Å²) in [6.45, 7) is 3.03. The predicted octanol–water partition coefficient (Wildman–Crippen LogP) is 2.19. The molecule has 8 heteroatoms. The van der Waals surface area contributed by atoms with Gasteiger partial charge in [0, 0.05) is 19.5 Å². The highest BCUT2D eigenvalue weighted by Crippen LogP contribution is 2.30. The molecule has 0 radical (unpaired) electrons. The maximum absolute atomic E-state index is 12.4. The van der Waals surface area contributed by atoms with E-state index in [4.69, 9.17) is 4.74 Å². The third-order valence-electron chi connectivity index (χ3n) is 4.03. The summed E-state index contributed by atoms with van der Waals surface area (Å²) in [7, 11) is 1.41. The van der Waals surface area contributed by atoms with Crippen molar-refractivity contribution in [3.63, 3.8) is 0 Å². The molecule has 1 fully saturated rings. The summed E-state index contributed by atoms with van der Waals surface area (Å²) >= 11 is 0. The fraction of sp³-hybridized carbons (Fsp3) is 0.500. The quantitative estimate of drug-likeness (QED) is 0.608. The molecule has 1 saturated heterocycles. The molecule has 1 aliphatic rings. The van der Waals surface area contributed by atoms with E-state index in [0.29, 0.717) is 18.8 Å². The normalized spacial score (nSPS) is 17.0. The van der Waals surface area contributed by atoms with Gasteiger partial charge in [0.15, 0.2) is 0 Å². The highest BCUT2D eigenvalue weighted by Gasteiger charge is 2.34. The van der Waals surface area contributed by atoms with Crippen LogP contribution in [-0.2, 0) is 9.59 Å². The lowest BCUT2D eigenvalue weighted by molar-refractivity contribution is -0.384. The molecule has 1 unspecified atom stereocenters. The summed E-state index contributed by atoms with van der Waals surface area (Å²) in [6, 6.07) is 4.22. The van der Waals surface area contributed by atoms with Crippen molar-refractivity contribution in [3.05, 3.63) is 28.3 Å². The van der Waals surface area contributed by atoms with Gasteiger partial charge in [0.25, 0.3) is 5.69 Å². The van der Waals surface area contributed by atoms with Gasteiger partial charge in [-0.3, -0.25) is 19.7 Å². The van der Waals surface area contributed by atoms with E-state index < -0.39 is 10.8 Å². The topological polar surface area (TPSA) is 102 Å². The first kappa shape index (κ1) is 17.7. The van der Waals surface area contributed by atoms with Gasteiger partial charge >= 0.3 is 0 Å². The van der Waals surface area contributed by atoms with Crippen LogP contribution in [0.25, 0.3) is 0 Å². The van der Waals surface area contributed by atoms with E-state index in [1.807, 2.05) is 6.92 Å². The second-order valence-corrected chi connectivity index (χ2v) is 5.72. The molecule has 0 spiro atoms. The van der Waals surface area contributed by atoms with Crippen molar-refractivity contribution in [1.82, 2.24) is 4.90 Å². The highest BCUT2D eigenvalue weighted by atomic mass is 16.6. The molecule has 2 rings (SSSR count). The van der Waals surface area contributed by atoms with Gasteiger partial charge in [-0.25, -0.2) is 0 Å². The summed E-state index contributed by atoms with van der Waals surface area (Å²) in [4.78, 5) is 36.5. The zero-order valence-electron chi connectivity index (χ0n) is 13.8. The average Bonchev–Trinajstić information content (AvgIpc) is 2.94. The first-order chi connectivity index (χ1) is 11.5. The molecule has 0 aliphatic carbocycles. The van der Waals surface area contributed by atoms with Crippen LogP contribution in [0.4, 0.5) is 11.4 Å². The Balaban J connectivity index is 2.07. The Kier molecular flexibility index (Phi) is 5.73. The van der Waals surface area contributed by atoms with E-state index in [9.17, 15) is 19.7 Å². The zero-order chi connectivity index (χ0) is 17.7. The number of methoxy groups -OCH3 is 1. The molecule has 24 heavy (non-hydrogen) atoms. The number of likely N-dealkylation sites (tertiary alicyclic amines) is 1. The largest absolute Gasteiger partial charge is 0.496 e. The molecular formula is C16H21N3O5. The Morgan fingerprint density at radius 3 is 2.88 bits per heavy atom. The number of nitrogens with one attached hydrogen (secondary N) is 1. The summed E-state index contributed by atoms with van der Waals surface area (Å²) in [5.74, 6) is -0.582. The SMILES string of the molecule is CCCCN1CC(C(=O)Nc2ccc(OC)cc2[N+](=O)[O-])CC1=O.